The molecule has 0 saturated heterocycles. The molecule has 0 fully saturated rings. The highest BCUT2D eigenvalue weighted by molar-refractivity contribution is 7.89. The number of hydrogen-bond donors (Lipinski definition) is 2. The van der Waals surface area contributed by atoms with E-state index in [4.69, 9.17) is 4.42 Å². The summed E-state index contributed by atoms with van der Waals surface area (Å²) in [6, 6.07) is 9.35. The summed E-state index contributed by atoms with van der Waals surface area (Å²) in [7, 11) is -3.63. The number of amides is 1. The topological polar surface area (TPSA) is 88.4 Å². The summed E-state index contributed by atoms with van der Waals surface area (Å²) in [5, 5.41) is 2.72. The van der Waals surface area contributed by atoms with Crippen LogP contribution in [0, 0.1) is 5.92 Å². The van der Waals surface area contributed by atoms with Gasteiger partial charge in [0.25, 0.3) is 0 Å². The molecule has 1 aromatic heterocycles. The van der Waals surface area contributed by atoms with Gasteiger partial charge in [0.05, 0.1) is 11.2 Å². The fourth-order valence-corrected chi connectivity index (χ4v) is 3.35. The van der Waals surface area contributed by atoms with Crippen LogP contribution in [0.15, 0.2) is 52.0 Å². The Balaban J connectivity index is 2.02. The van der Waals surface area contributed by atoms with Crippen LogP contribution in [-0.2, 0) is 21.2 Å². The van der Waals surface area contributed by atoms with Gasteiger partial charge in [-0.05, 0) is 43.3 Å². The number of sulfonamides is 1. The van der Waals surface area contributed by atoms with Crippen molar-refractivity contribution in [3.8, 4) is 0 Å². The lowest BCUT2D eigenvalue weighted by Gasteiger charge is -2.14. The first-order valence-electron chi connectivity index (χ1n) is 7.73. The van der Waals surface area contributed by atoms with Gasteiger partial charge in [0, 0.05) is 24.1 Å². The predicted octanol–water partition coefficient (Wildman–Crippen LogP) is 2.78. The Labute approximate surface area is 142 Å². The lowest BCUT2D eigenvalue weighted by atomic mass is 10.2. The van der Waals surface area contributed by atoms with Crippen molar-refractivity contribution in [3.05, 3.63) is 48.4 Å². The van der Waals surface area contributed by atoms with Crippen molar-refractivity contribution < 1.29 is 17.6 Å². The number of benzene rings is 1. The summed E-state index contributed by atoms with van der Waals surface area (Å²) in [5.41, 5.74) is 0.566. The van der Waals surface area contributed by atoms with Crippen LogP contribution >= 0.6 is 0 Å². The SMILES string of the molecule is CC(Cc1ccco1)NS(=O)(=O)c1ccc(NC(=O)C(C)C)cc1. The van der Waals surface area contributed by atoms with Gasteiger partial charge in [-0.3, -0.25) is 4.79 Å². The average molecular weight is 350 g/mol. The Bertz CT molecular complexity index is 765. The van der Waals surface area contributed by atoms with Crippen molar-refractivity contribution in [1.82, 2.24) is 4.72 Å². The van der Waals surface area contributed by atoms with Gasteiger partial charge in [-0.1, -0.05) is 13.8 Å². The number of furan rings is 1. The minimum absolute atomic E-state index is 0.115. The molecule has 1 heterocycles. The maximum Gasteiger partial charge on any atom is 0.240 e. The molecule has 0 aliphatic carbocycles. The third kappa shape index (κ3) is 4.94. The maximum absolute atomic E-state index is 12.4. The predicted molar refractivity (Wildman–Crippen MR) is 92.1 cm³/mol. The molecule has 2 N–H and O–H groups in total. The molecule has 1 unspecified atom stereocenters. The Morgan fingerprint density at radius 1 is 1.12 bits per heavy atom. The molecule has 0 bridgehead atoms. The van der Waals surface area contributed by atoms with E-state index >= 15 is 0 Å². The lowest BCUT2D eigenvalue weighted by molar-refractivity contribution is -0.118. The molecular weight excluding hydrogens is 328 g/mol. The molecule has 7 heteroatoms. The van der Waals surface area contributed by atoms with Crippen molar-refractivity contribution in [3.63, 3.8) is 0 Å². The smallest absolute Gasteiger partial charge is 0.240 e. The molecule has 0 saturated carbocycles. The lowest BCUT2D eigenvalue weighted by Crippen LogP contribution is -2.34. The third-order valence-corrected chi connectivity index (χ3v) is 5.01. The first-order valence-corrected chi connectivity index (χ1v) is 9.22. The van der Waals surface area contributed by atoms with Crippen LogP contribution in [0.2, 0.25) is 0 Å². The van der Waals surface area contributed by atoms with E-state index in [-0.39, 0.29) is 22.8 Å². The monoisotopic (exact) mass is 350 g/mol. The Kier molecular flexibility index (Phi) is 5.80. The van der Waals surface area contributed by atoms with E-state index in [1.807, 2.05) is 0 Å². The molecule has 0 aliphatic heterocycles. The Morgan fingerprint density at radius 2 is 1.79 bits per heavy atom. The normalized spacial score (nSPS) is 13.0. The minimum Gasteiger partial charge on any atom is -0.469 e. The van der Waals surface area contributed by atoms with Gasteiger partial charge < -0.3 is 9.73 Å². The molecule has 2 rings (SSSR count). The van der Waals surface area contributed by atoms with Crippen molar-refractivity contribution in [2.45, 2.75) is 38.1 Å². The number of hydrogen-bond acceptors (Lipinski definition) is 4. The van der Waals surface area contributed by atoms with Gasteiger partial charge in [0.2, 0.25) is 15.9 Å². The molecular formula is C17H22N2O4S. The molecule has 2 aromatic rings. The van der Waals surface area contributed by atoms with Gasteiger partial charge in [-0.2, -0.15) is 0 Å². The number of carbonyl (C=O) groups is 1. The standard InChI is InChI=1S/C17H22N2O4S/c1-12(2)17(20)18-14-6-8-16(9-7-14)24(21,22)19-13(3)11-15-5-4-10-23-15/h4-10,12-13,19H,11H2,1-3H3,(H,18,20). The Morgan fingerprint density at radius 3 is 2.33 bits per heavy atom. The second-order valence-electron chi connectivity index (χ2n) is 5.97. The zero-order valence-corrected chi connectivity index (χ0v) is 14.8. The molecule has 0 radical (unpaired) electrons. The highest BCUT2D eigenvalue weighted by Crippen LogP contribution is 2.16. The molecule has 1 aromatic carbocycles. The quantitative estimate of drug-likeness (QED) is 0.804. The van der Waals surface area contributed by atoms with Gasteiger partial charge >= 0.3 is 0 Å². The number of nitrogens with one attached hydrogen (secondary N) is 2. The van der Waals surface area contributed by atoms with Crippen LogP contribution in [0.4, 0.5) is 5.69 Å². The zero-order valence-electron chi connectivity index (χ0n) is 13.9. The largest absolute Gasteiger partial charge is 0.469 e. The highest BCUT2D eigenvalue weighted by atomic mass is 32.2. The highest BCUT2D eigenvalue weighted by Gasteiger charge is 2.18. The van der Waals surface area contributed by atoms with Crippen LogP contribution in [0.25, 0.3) is 0 Å². The van der Waals surface area contributed by atoms with Gasteiger partial charge in [-0.25, -0.2) is 13.1 Å². The van der Waals surface area contributed by atoms with Crippen molar-refractivity contribution >= 4 is 21.6 Å². The summed E-state index contributed by atoms with van der Waals surface area (Å²) < 4.78 is 32.6. The fraction of sp³-hybridized carbons (Fsp3) is 0.353. The third-order valence-electron chi connectivity index (χ3n) is 3.40. The van der Waals surface area contributed by atoms with Crippen molar-refractivity contribution in [2.24, 2.45) is 5.92 Å². The number of rotatable bonds is 7. The first kappa shape index (κ1) is 18.2. The molecule has 1 amide bonds. The minimum atomic E-state index is -3.63. The van der Waals surface area contributed by atoms with Crippen LogP contribution in [0.5, 0.6) is 0 Å². The van der Waals surface area contributed by atoms with Gasteiger partial charge in [-0.15, -0.1) is 0 Å². The van der Waals surface area contributed by atoms with Crippen LogP contribution < -0.4 is 10.0 Å². The van der Waals surface area contributed by atoms with E-state index in [9.17, 15) is 13.2 Å². The van der Waals surface area contributed by atoms with Crippen LogP contribution in [0.3, 0.4) is 0 Å². The van der Waals surface area contributed by atoms with E-state index in [2.05, 4.69) is 10.0 Å². The second kappa shape index (κ2) is 7.63. The van der Waals surface area contributed by atoms with E-state index in [0.717, 1.165) is 5.76 Å². The Hall–Kier alpha value is -2.12. The summed E-state index contributed by atoms with van der Waals surface area (Å²) in [5.74, 6) is 0.463. The molecule has 6 nitrogen and oxygen atoms in total. The first-order chi connectivity index (χ1) is 11.3. The second-order valence-corrected chi connectivity index (χ2v) is 7.69. The summed E-state index contributed by atoms with van der Waals surface area (Å²) in [6.07, 6.45) is 2.02. The molecule has 130 valence electrons. The number of anilines is 1. The molecule has 0 aliphatic rings. The molecule has 24 heavy (non-hydrogen) atoms. The zero-order chi connectivity index (χ0) is 17.7. The fourth-order valence-electron chi connectivity index (χ4n) is 2.11. The molecule has 0 spiro atoms. The maximum atomic E-state index is 12.4. The average Bonchev–Trinajstić information content (AvgIpc) is 2.99. The van der Waals surface area contributed by atoms with E-state index in [1.165, 1.54) is 12.1 Å². The van der Waals surface area contributed by atoms with E-state index < -0.39 is 10.0 Å². The summed E-state index contributed by atoms with van der Waals surface area (Å²) in [6.45, 7) is 5.36. The van der Waals surface area contributed by atoms with E-state index in [1.54, 1.807) is 51.3 Å². The van der Waals surface area contributed by atoms with Crippen LogP contribution in [-0.4, -0.2) is 20.4 Å². The van der Waals surface area contributed by atoms with E-state index in [0.29, 0.717) is 12.1 Å². The van der Waals surface area contributed by atoms with Crippen LogP contribution in [0.1, 0.15) is 26.5 Å². The van der Waals surface area contributed by atoms with Gasteiger partial charge in [0.1, 0.15) is 5.76 Å². The van der Waals surface area contributed by atoms with Crippen molar-refractivity contribution in [2.75, 3.05) is 5.32 Å². The van der Waals surface area contributed by atoms with Crippen molar-refractivity contribution in [1.29, 1.82) is 0 Å². The summed E-state index contributed by atoms with van der Waals surface area (Å²) in [4.78, 5) is 11.8. The van der Waals surface area contributed by atoms with Gasteiger partial charge in [0.15, 0.2) is 0 Å². The number of carbonyl (C=O) groups excluding carboxylic acids is 1. The summed E-state index contributed by atoms with van der Waals surface area (Å²) >= 11 is 0. The molecule has 1 atom stereocenters.